The molecule has 0 aliphatic heterocycles. The Morgan fingerprint density at radius 3 is 2.50 bits per heavy atom. The van der Waals surface area contributed by atoms with Gasteiger partial charge in [0, 0.05) is 19.1 Å². The third kappa shape index (κ3) is 6.08. The number of carbonyl (C=O) groups is 1. The SMILES string of the molecule is CCCC(NCCN(C)C(C)CC)C(=O)O. The Bertz CT molecular complexity index is 197. The van der Waals surface area contributed by atoms with Crippen molar-refractivity contribution in [2.24, 2.45) is 0 Å². The normalized spacial score (nSPS) is 15.1. The van der Waals surface area contributed by atoms with Crippen molar-refractivity contribution in [1.82, 2.24) is 10.2 Å². The fourth-order valence-corrected chi connectivity index (χ4v) is 1.55. The van der Waals surface area contributed by atoms with Crippen LogP contribution in [0.4, 0.5) is 0 Å². The highest BCUT2D eigenvalue weighted by atomic mass is 16.4. The van der Waals surface area contributed by atoms with Crippen LogP contribution >= 0.6 is 0 Å². The highest BCUT2D eigenvalue weighted by molar-refractivity contribution is 5.73. The lowest BCUT2D eigenvalue weighted by Crippen LogP contribution is -2.42. The van der Waals surface area contributed by atoms with Crippen LogP contribution in [0.25, 0.3) is 0 Å². The first-order valence-corrected chi connectivity index (χ1v) is 6.19. The standard InChI is InChI=1S/C12H26N2O2/c1-5-7-11(12(15)16)13-8-9-14(4)10(3)6-2/h10-11,13H,5-9H2,1-4H3,(H,15,16). The van der Waals surface area contributed by atoms with Crippen molar-refractivity contribution < 1.29 is 9.90 Å². The smallest absolute Gasteiger partial charge is 0.320 e. The molecule has 0 amide bonds. The third-order valence-electron chi connectivity index (χ3n) is 3.07. The molecule has 0 aliphatic rings. The predicted octanol–water partition coefficient (Wildman–Crippen LogP) is 1.56. The van der Waals surface area contributed by atoms with Crippen molar-refractivity contribution in [2.45, 2.75) is 52.1 Å². The highest BCUT2D eigenvalue weighted by Gasteiger charge is 2.15. The molecule has 0 radical (unpaired) electrons. The minimum Gasteiger partial charge on any atom is -0.480 e. The van der Waals surface area contributed by atoms with E-state index in [2.05, 4.69) is 31.1 Å². The van der Waals surface area contributed by atoms with Gasteiger partial charge in [-0.1, -0.05) is 20.3 Å². The van der Waals surface area contributed by atoms with Crippen LogP contribution in [0.2, 0.25) is 0 Å². The quantitative estimate of drug-likeness (QED) is 0.631. The van der Waals surface area contributed by atoms with E-state index in [0.29, 0.717) is 12.5 Å². The van der Waals surface area contributed by atoms with E-state index in [4.69, 9.17) is 5.11 Å². The lowest BCUT2D eigenvalue weighted by Gasteiger charge is -2.24. The maximum Gasteiger partial charge on any atom is 0.320 e. The molecule has 0 spiro atoms. The largest absolute Gasteiger partial charge is 0.480 e. The fourth-order valence-electron chi connectivity index (χ4n) is 1.55. The lowest BCUT2D eigenvalue weighted by molar-refractivity contribution is -0.139. The van der Waals surface area contributed by atoms with Crippen LogP contribution < -0.4 is 5.32 Å². The summed E-state index contributed by atoms with van der Waals surface area (Å²) in [6.07, 6.45) is 2.71. The van der Waals surface area contributed by atoms with Gasteiger partial charge in [-0.15, -0.1) is 0 Å². The molecule has 0 aliphatic carbocycles. The van der Waals surface area contributed by atoms with Gasteiger partial charge in [0.25, 0.3) is 0 Å². The number of rotatable bonds is 9. The number of aliphatic carboxylic acids is 1. The van der Waals surface area contributed by atoms with Crippen LogP contribution in [0.3, 0.4) is 0 Å². The number of hydrogen-bond donors (Lipinski definition) is 2. The van der Waals surface area contributed by atoms with Crippen molar-refractivity contribution in [3.63, 3.8) is 0 Å². The monoisotopic (exact) mass is 230 g/mol. The molecular formula is C12H26N2O2. The molecule has 0 heterocycles. The van der Waals surface area contributed by atoms with Crippen molar-refractivity contribution in [3.05, 3.63) is 0 Å². The molecule has 0 rings (SSSR count). The molecule has 2 atom stereocenters. The molecule has 96 valence electrons. The maximum atomic E-state index is 10.9. The van der Waals surface area contributed by atoms with E-state index in [1.807, 2.05) is 6.92 Å². The molecule has 0 saturated heterocycles. The van der Waals surface area contributed by atoms with Crippen LogP contribution in [-0.2, 0) is 4.79 Å². The Kier molecular flexibility index (Phi) is 8.21. The predicted molar refractivity (Wildman–Crippen MR) is 66.7 cm³/mol. The summed E-state index contributed by atoms with van der Waals surface area (Å²) in [7, 11) is 2.07. The molecule has 4 heteroatoms. The molecule has 0 aromatic rings. The summed E-state index contributed by atoms with van der Waals surface area (Å²) in [6.45, 7) is 7.97. The van der Waals surface area contributed by atoms with E-state index in [1.165, 1.54) is 0 Å². The minimum atomic E-state index is -0.743. The zero-order chi connectivity index (χ0) is 12.6. The van der Waals surface area contributed by atoms with Gasteiger partial charge in [0.1, 0.15) is 6.04 Å². The molecule has 0 fully saturated rings. The first-order chi connectivity index (χ1) is 7.52. The van der Waals surface area contributed by atoms with Crippen molar-refractivity contribution >= 4 is 5.97 Å². The van der Waals surface area contributed by atoms with E-state index in [9.17, 15) is 4.79 Å². The lowest BCUT2D eigenvalue weighted by atomic mass is 10.1. The van der Waals surface area contributed by atoms with Crippen LogP contribution in [0.1, 0.15) is 40.0 Å². The van der Waals surface area contributed by atoms with Crippen molar-refractivity contribution in [1.29, 1.82) is 0 Å². The molecule has 0 saturated carbocycles. The summed E-state index contributed by atoms with van der Waals surface area (Å²) in [5.74, 6) is -0.743. The van der Waals surface area contributed by atoms with E-state index < -0.39 is 12.0 Å². The number of carboxylic acid groups (broad SMARTS) is 1. The summed E-state index contributed by atoms with van der Waals surface area (Å²) >= 11 is 0. The van der Waals surface area contributed by atoms with Gasteiger partial charge in [0.15, 0.2) is 0 Å². The summed E-state index contributed by atoms with van der Waals surface area (Å²) in [5, 5.41) is 12.0. The molecule has 2 unspecified atom stereocenters. The van der Waals surface area contributed by atoms with E-state index >= 15 is 0 Å². The molecule has 2 N–H and O–H groups in total. The van der Waals surface area contributed by atoms with Crippen molar-refractivity contribution in [3.8, 4) is 0 Å². The number of likely N-dealkylation sites (N-methyl/N-ethyl adjacent to an activating group) is 1. The third-order valence-corrected chi connectivity index (χ3v) is 3.07. The molecule has 4 nitrogen and oxygen atoms in total. The second-order valence-corrected chi connectivity index (χ2v) is 4.37. The summed E-state index contributed by atoms with van der Waals surface area (Å²) < 4.78 is 0. The summed E-state index contributed by atoms with van der Waals surface area (Å²) in [6, 6.07) is 0.159. The topological polar surface area (TPSA) is 52.6 Å². The summed E-state index contributed by atoms with van der Waals surface area (Å²) in [5.41, 5.74) is 0. The zero-order valence-electron chi connectivity index (χ0n) is 11.0. The fraction of sp³-hybridized carbons (Fsp3) is 0.917. The number of nitrogens with zero attached hydrogens (tertiary/aromatic N) is 1. The number of hydrogen-bond acceptors (Lipinski definition) is 3. The second kappa shape index (κ2) is 8.53. The van der Waals surface area contributed by atoms with Crippen LogP contribution in [0, 0.1) is 0 Å². The second-order valence-electron chi connectivity index (χ2n) is 4.37. The Labute approximate surface area is 99.0 Å². The van der Waals surface area contributed by atoms with Gasteiger partial charge in [-0.05, 0) is 26.8 Å². The number of nitrogens with one attached hydrogen (secondary N) is 1. The molecular weight excluding hydrogens is 204 g/mol. The Morgan fingerprint density at radius 1 is 1.44 bits per heavy atom. The van der Waals surface area contributed by atoms with Gasteiger partial charge < -0.3 is 15.3 Å². The Balaban J connectivity index is 3.81. The minimum absolute atomic E-state index is 0.393. The molecule has 16 heavy (non-hydrogen) atoms. The van der Waals surface area contributed by atoms with E-state index in [1.54, 1.807) is 0 Å². The van der Waals surface area contributed by atoms with Gasteiger partial charge >= 0.3 is 5.97 Å². The zero-order valence-corrected chi connectivity index (χ0v) is 11.0. The summed E-state index contributed by atoms with van der Waals surface area (Å²) in [4.78, 5) is 13.1. The molecule has 0 bridgehead atoms. The van der Waals surface area contributed by atoms with E-state index in [0.717, 1.165) is 25.9 Å². The Morgan fingerprint density at radius 2 is 2.06 bits per heavy atom. The average Bonchev–Trinajstić information content (AvgIpc) is 2.26. The Hall–Kier alpha value is -0.610. The molecule has 0 aromatic heterocycles. The average molecular weight is 230 g/mol. The van der Waals surface area contributed by atoms with Crippen molar-refractivity contribution in [2.75, 3.05) is 20.1 Å². The van der Waals surface area contributed by atoms with Gasteiger partial charge in [0.2, 0.25) is 0 Å². The highest BCUT2D eigenvalue weighted by Crippen LogP contribution is 2.00. The van der Waals surface area contributed by atoms with Gasteiger partial charge in [-0.25, -0.2) is 0 Å². The van der Waals surface area contributed by atoms with Gasteiger partial charge in [0.05, 0.1) is 0 Å². The molecule has 0 aromatic carbocycles. The van der Waals surface area contributed by atoms with Crippen LogP contribution in [-0.4, -0.2) is 48.2 Å². The van der Waals surface area contributed by atoms with Gasteiger partial charge in [-0.3, -0.25) is 4.79 Å². The first kappa shape index (κ1) is 15.4. The van der Waals surface area contributed by atoms with E-state index in [-0.39, 0.29) is 0 Å². The first-order valence-electron chi connectivity index (χ1n) is 6.19. The number of carboxylic acids is 1. The van der Waals surface area contributed by atoms with Crippen LogP contribution in [0.5, 0.6) is 0 Å². The van der Waals surface area contributed by atoms with Crippen LogP contribution in [0.15, 0.2) is 0 Å². The van der Waals surface area contributed by atoms with Gasteiger partial charge in [-0.2, -0.15) is 0 Å². The maximum absolute atomic E-state index is 10.9.